The first-order valence-corrected chi connectivity index (χ1v) is 6.47. The number of nitrogens with one attached hydrogen (secondary N) is 1. The van der Waals surface area contributed by atoms with Crippen molar-refractivity contribution in [2.24, 2.45) is 0 Å². The number of nitrogens with zero attached hydrogens (tertiary/aromatic N) is 1. The van der Waals surface area contributed by atoms with Crippen LogP contribution in [0.4, 0.5) is 5.82 Å². The lowest BCUT2D eigenvalue weighted by Gasteiger charge is -2.24. The maximum Gasteiger partial charge on any atom is 0.145 e. The molecule has 0 aliphatic carbocycles. The van der Waals surface area contributed by atoms with Gasteiger partial charge in [-0.3, -0.25) is 5.10 Å². The molecular formula is C14H17N3O2. The maximum atomic E-state index is 6.04. The zero-order valence-electron chi connectivity index (χ0n) is 10.6. The highest BCUT2D eigenvalue weighted by Gasteiger charge is 2.17. The molecule has 1 aromatic carbocycles. The van der Waals surface area contributed by atoms with Crippen molar-refractivity contribution >= 4 is 5.82 Å². The molecule has 0 saturated carbocycles. The molecule has 1 fully saturated rings. The number of aromatic nitrogens is 2. The fraction of sp³-hybridized carbons (Fsp3) is 0.357. The van der Waals surface area contributed by atoms with Crippen molar-refractivity contribution in [2.75, 3.05) is 18.9 Å². The molecule has 1 aromatic heterocycles. The summed E-state index contributed by atoms with van der Waals surface area (Å²) in [5, 5.41) is 6.87. The SMILES string of the molecule is Nc1cc(-c2ccccc2OC2CCCOC2)[nH]n1. The minimum absolute atomic E-state index is 0.121. The fourth-order valence-electron chi connectivity index (χ4n) is 2.25. The van der Waals surface area contributed by atoms with E-state index in [1.807, 2.05) is 24.3 Å². The van der Waals surface area contributed by atoms with Gasteiger partial charge in [0, 0.05) is 18.2 Å². The summed E-state index contributed by atoms with van der Waals surface area (Å²) in [6.45, 7) is 1.48. The summed E-state index contributed by atoms with van der Waals surface area (Å²) in [7, 11) is 0. The van der Waals surface area contributed by atoms with E-state index in [1.165, 1.54) is 0 Å². The zero-order valence-corrected chi connectivity index (χ0v) is 10.6. The quantitative estimate of drug-likeness (QED) is 0.886. The number of aromatic amines is 1. The van der Waals surface area contributed by atoms with Crippen LogP contribution in [-0.2, 0) is 4.74 Å². The molecule has 19 heavy (non-hydrogen) atoms. The third-order valence-electron chi connectivity index (χ3n) is 3.19. The zero-order chi connectivity index (χ0) is 13.1. The van der Waals surface area contributed by atoms with Crippen LogP contribution in [0.5, 0.6) is 5.75 Å². The van der Waals surface area contributed by atoms with Crippen molar-refractivity contribution in [3.8, 4) is 17.0 Å². The van der Waals surface area contributed by atoms with Crippen molar-refractivity contribution in [1.29, 1.82) is 0 Å². The maximum absolute atomic E-state index is 6.04. The third-order valence-corrected chi connectivity index (χ3v) is 3.19. The number of anilines is 1. The molecule has 1 unspecified atom stereocenters. The Morgan fingerprint density at radius 3 is 3.00 bits per heavy atom. The highest BCUT2D eigenvalue weighted by molar-refractivity contribution is 5.68. The van der Waals surface area contributed by atoms with Gasteiger partial charge in [0.2, 0.25) is 0 Å². The number of benzene rings is 1. The van der Waals surface area contributed by atoms with E-state index >= 15 is 0 Å². The van der Waals surface area contributed by atoms with Gasteiger partial charge in [-0.1, -0.05) is 12.1 Å². The Bertz CT molecular complexity index is 547. The number of hydrogen-bond donors (Lipinski definition) is 2. The molecule has 0 amide bonds. The second-order valence-corrected chi connectivity index (χ2v) is 4.66. The molecule has 0 spiro atoms. The van der Waals surface area contributed by atoms with Crippen molar-refractivity contribution < 1.29 is 9.47 Å². The van der Waals surface area contributed by atoms with E-state index in [9.17, 15) is 0 Å². The van der Waals surface area contributed by atoms with Crippen molar-refractivity contribution in [3.63, 3.8) is 0 Å². The summed E-state index contributed by atoms with van der Waals surface area (Å²) in [6.07, 6.45) is 2.19. The van der Waals surface area contributed by atoms with Gasteiger partial charge in [0.1, 0.15) is 17.7 Å². The molecule has 5 heteroatoms. The van der Waals surface area contributed by atoms with Crippen LogP contribution in [0.15, 0.2) is 30.3 Å². The van der Waals surface area contributed by atoms with E-state index in [-0.39, 0.29) is 6.10 Å². The molecule has 1 atom stereocenters. The van der Waals surface area contributed by atoms with Crippen LogP contribution in [0.2, 0.25) is 0 Å². The lowest BCUT2D eigenvalue weighted by atomic mass is 10.1. The monoisotopic (exact) mass is 259 g/mol. The number of nitrogens with two attached hydrogens (primary N) is 1. The Hall–Kier alpha value is -2.01. The number of H-pyrrole nitrogens is 1. The van der Waals surface area contributed by atoms with E-state index in [2.05, 4.69) is 10.2 Å². The average Bonchev–Trinajstić information content (AvgIpc) is 2.87. The fourth-order valence-corrected chi connectivity index (χ4v) is 2.25. The average molecular weight is 259 g/mol. The van der Waals surface area contributed by atoms with Crippen LogP contribution in [0, 0.1) is 0 Å². The molecule has 0 radical (unpaired) electrons. The third kappa shape index (κ3) is 2.71. The lowest BCUT2D eigenvalue weighted by molar-refractivity contribution is 0.00767. The molecule has 100 valence electrons. The molecule has 3 N–H and O–H groups in total. The smallest absolute Gasteiger partial charge is 0.145 e. The first-order chi connectivity index (χ1) is 9.33. The van der Waals surface area contributed by atoms with Gasteiger partial charge in [0.05, 0.1) is 12.3 Å². The van der Waals surface area contributed by atoms with Gasteiger partial charge >= 0.3 is 0 Å². The summed E-state index contributed by atoms with van der Waals surface area (Å²) in [4.78, 5) is 0. The van der Waals surface area contributed by atoms with Gasteiger partial charge in [-0.2, -0.15) is 5.10 Å². The van der Waals surface area contributed by atoms with Crippen LogP contribution >= 0.6 is 0 Å². The Kier molecular flexibility index (Phi) is 3.37. The van der Waals surface area contributed by atoms with Gasteiger partial charge in [0.15, 0.2) is 0 Å². The molecule has 1 aliphatic heterocycles. The largest absolute Gasteiger partial charge is 0.487 e. The number of rotatable bonds is 3. The highest BCUT2D eigenvalue weighted by atomic mass is 16.5. The Morgan fingerprint density at radius 1 is 1.37 bits per heavy atom. The summed E-state index contributed by atoms with van der Waals surface area (Å²) in [5.74, 6) is 1.31. The number of para-hydroxylation sites is 1. The normalized spacial score (nSPS) is 19.3. The number of hydrogen-bond acceptors (Lipinski definition) is 4. The van der Waals surface area contributed by atoms with E-state index < -0.39 is 0 Å². The van der Waals surface area contributed by atoms with Crippen LogP contribution < -0.4 is 10.5 Å². The van der Waals surface area contributed by atoms with E-state index in [4.69, 9.17) is 15.2 Å². The molecule has 1 aliphatic rings. The topological polar surface area (TPSA) is 73.2 Å². The predicted octanol–water partition coefficient (Wildman–Crippen LogP) is 2.22. The van der Waals surface area contributed by atoms with Gasteiger partial charge in [-0.05, 0) is 25.0 Å². The van der Waals surface area contributed by atoms with Crippen molar-refractivity contribution in [1.82, 2.24) is 10.2 Å². The van der Waals surface area contributed by atoms with E-state index in [0.29, 0.717) is 12.4 Å². The van der Waals surface area contributed by atoms with Gasteiger partial charge < -0.3 is 15.2 Å². The lowest BCUT2D eigenvalue weighted by Crippen LogP contribution is -2.28. The number of ether oxygens (including phenoxy) is 2. The van der Waals surface area contributed by atoms with Gasteiger partial charge in [-0.15, -0.1) is 0 Å². The standard InChI is InChI=1S/C14H17N3O2/c15-14-8-12(16-17-14)11-5-1-2-6-13(11)19-10-4-3-7-18-9-10/h1-2,5-6,8,10H,3-4,7,9H2,(H3,15,16,17). The number of nitrogen functional groups attached to an aromatic ring is 1. The Labute approximate surface area is 111 Å². The molecular weight excluding hydrogens is 242 g/mol. The summed E-state index contributed by atoms with van der Waals surface area (Å²) in [5.41, 5.74) is 7.48. The Morgan fingerprint density at radius 2 is 2.26 bits per heavy atom. The highest BCUT2D eigenvalue weighted by Crippen LogP contribution is 2.30. The minimum Gasteiger partial charge on any atom is -0.487 e. The summed E-state index contributed by atoms with van der Waals surface area (Å²) < 4.78 is 11.5. The van der Waals surface area contributed by atoms with Crippen LogP contribution in [-0.4, -0.2) is 29.5 Å². The van der Waals surface area contributed by atoms with Crippen LogP contribution in [0.25, 0.3) is 11.3 Å². The molecule has 3 rings (SSSR count). The predicted molar refractivity (Wildman–Crippen MR) is 72.9 cm³/mol. The van der Waals surface area contributed by atoms with Crippen molar-refractivity contribution in [2.45, 2.75) is 18.9 Å². The molecule has 1 saturated heterocycles. The summed E-state index contributed by atoms with van der Waals surface area (Å²) >= 11 is 0. The molecule has 2 aromatic rings. The Balaban J connectivity index is 1.84. The van der Waals surface area contributed by atoms with Crippen molar-refractivity contribution in [3.05, 3.63) is 30.3 Å². The molecule has 2 heterocycles. The second-order valence-electron chi connectivity index (χ2n) is 4.66. The minimum atomic E-state index is 0.121. The first kappa shape index (κ1) is 12.0. The second kappa shape index (κ2) is 5.32. The van der Waals surface area contributed by atoms with Crippen LogP contribution in [0.3, 0.4) is 0 Å². The van der Waals surface area contributed by atoms with E-state index in [0.717, 1.165) is 36.5 Å². The first-order valence-electron chi connectivity index (χ1n) is 6.47. The molecule has 5 nitrogen and oxygen atoms in total. The van der Waals surface area contributed by atoms with Crippen LogP contribution in [0.1, 0.15) is 12.8 Å². The van der Waals surface area contributed by atoms with Gasteiger partial charge in [-0.25, -0.2) is 0 Å². The van der Waals surface area contributed by atoms with Gasteiger partial charge in [0.25, 0.3) is 0 Å². The molecule has 0 bridgehead atoms. The summed E-state index contributed by atoms with van der Waals surface area (Å²) in [6, 6.07) is 9.69. The van der Waals surface area contributed by atoms with E-state index in [1.54, 1.807) is 6.07 Å².